The number of hydrogen-bond donors (Lipinski definition) is 0. The van der Waals surface area contributed by atoms with Crippen molar-refractivity contribution in [2.24, 2.45) is 0 Å². The van der Waals surface area contributed by atoms with Gasteiger partial charge >= 0.3 is 7.12 Å². The molecule has 5 heterocycles. The van der Waals surface area contributed by atoms with Crippen molar-refractivity contribution in [2.45, 2.75) is 38.9 Å². The van der Waals surface area contributed by atoms with Gasteiger partial charge in [-0.15, -0.1) is 22.7 Å². The lowest BCUT2D eigenvalue weighted by Gasteiger charge is -2.32. The first-order valence-electron chi connectivity index (χ1n) is 40.2. The van der Waals surface area contributed by atoms with Crippen LogP contribution in [0.2, 0.25) is 5.02 Å². The fourth-order valence-corrected chi connectivity index (χ4v) is 18.4. The summed E-state index contributed by atoms with van der Waals surface area (Å²) in [7, 11) is -0.379. The Labute approximate surface area is 711 Å². The highest BCUT2D eigenvalue weighted by atomic mass is 35.5. The Hall–Kier alpha value is -13.7. The minimum atomic E-state index is -0.379. The highest BCUT2D eigenvalue weighted by Crippen LogP contribution is 2.48. The van der Waals surface area contributed by atoms with E-state index in [9.17, 15) is 0 Å². The second-order valence-corrected chi connectivity index (χ2v) is 33.3. The van der Waals surface area contributed by atoms with E-state index in [1.54, 1.807) is 0 Å². The number of aromatic nitrogens is 6. The van der Waals surface area contributed by atoms with Gasteiger partial charge in [0.05, 0.1) is 11.2 Å². The van der Waals surface area contributed by atoms with Crippen LogP contribution in [0.1, 0.15) is 27.7 Å². The Morgan fingerprint density at radius 1 is 0.217 bits per heavy atom. The Bertz CT molecular complexity index is 7050. The minimum absolute atomic E-state index is 0.369. The molecule has 1 aliphatic rings. The number of rotatable bonds is 14. The van der Waals surface area contributed by atoms with Crippen LogP contribution in [0.5, 0.6) is 0 Å². The van der Waals surface area contributed by atoms with Crippen molar-refractivity contribution in [2.75, 3.05) is 0 Å². The number of thiophene rings is 2. The molecule has 4 aromatic heterocycles. The number of benzene rings is 16. The smallest absolute Gasteiger partial charge is 0.399 e. The van der Waals surface area contributed by atoms with Crippen LogP contribution in [0.3, 0.4) is 0 Å². The summed E-state index contributed by atoms with van der Waals surface area (Å²) in [6.45, 7) is 8.44. The Morgan fingerprint density at radius 3 is 0.892 bits per heavy atom. The van der Waals surface area contributed by atoms with E-state index in [1.807, 2.05) is 144 Å². The molecular weight excluding hydrogens is 1520 g/mol. The normalized spacial score (nSPS) is 12.8. The average Bonchev–Trinajstić information content (AvgIpc) is 1.58. The molecule has 1 saturated heterocycles. The summed E-state index contributed by atoms with van der Waals surface area (Å²) in [6.07, 6.45) is 0. The van der Waals surface area contributed by atoms with Gasteiger partial charge in [0.25, 0.3) is 0 Å². The topological polar surface area (TPSA) is 95.8 Å². The monoisotopic (exact) mass is 1600 g/mol. The van der Waals surface area contributed by atoms with E-state index >= 15 is 0 Å². The van der Waals surface area contributed by atoms with Gasteiger partial charge in [-0.3, -0.25) is 0 Å². The van der Waals surface area contributed by atoms with E-state index in [0.29, 0.717) is 40.0 Å². The van der Waals surface area contributed by atoms with Crippen LogP contribution in [0.15, 0.2) is 400 Å². The van der Waals surface area contributed by atoms with Crippen LogP contribution in [0, 0.1) is 0 Å². The third-order valence-corrected chi connectivity index (χ3v) is 25.3. The van der Waals surface area contributed by atoms with Gasteiger partial charge in [0.2, 0.25) is 0 Å². The van der Waals surface area contributed by atoms with Gasteiger partial charge in [0.1, 0.15) is 0 Å². The molecule has 0 amide bonds. The fraction of sp³-hybridized carbons (Fsp3) is 0.0556. The van der Waals surface area contributed by atoms with Crippen molar-refractivity contribution in [3.63, 3.8) is 0 Å². The molecule has 0 unspecified atom stereocenters. The van der Waals surface area contributed by atoms with Crippen molar-refractivity contribution in [3.05, 3.63) is 405 Å². The molecule has 1 aliphatic heterocycles. The van der Waals surface area contributed by atoms with Gasteiger partial charge in [-0.25, -0.2) is 29.9 Å². The van der Waals surface area contributed by atoms with Crippen LogP contribution in [0.25, 0.3) is 187 Å². The summed E-state index contributed by atoms with van der Waals surface area (Å²) in [5.41, 5.74) is 22.7. The zero-order valence-electron chi connectivity index (χ0n) is 66.4. The summed E-state index contributed by atoms with van der Waals surface area (Å²) in [5, 5.41) is 5.70. The lowest BCUT2D eigenvalue weighted by molar-refractivity contribution is 0.00578. The van der Waals surface area contributed by atoms with Gasteiger partial charge in [-0.1, -0.05) is 370 Å². The number of halogens is 1. The molecular formula is C108H78BClN6O2S2. The van der Waals surface area contributed by atoms with Gasteiger partial charge in [-0.05, 0) is 137 Å². The summed E-state index contributed by atoms with van der Waals surface area (Å²) in [5.74, 6) is 3.78. The summed E-state index contributed by atoms with van der Waals surface area (Å²) in [6, 6.07) is 139. The molecule has 0 N–H and O–H groups in total. The molecule has 12 heteroatoms. The molecule has 8 nitrogen and oxygen atoms in total. The van der Waals surface area contributed by atoms with Crippen molar-refractivity contribution in [1.82, 2.24) is 29.9 Å². The molecule has 0 bridgehead atoms. The molecule has 21 rings (SSSR count). The predicted molar refractivity (Wildman–Crippen MR) is 503 cm³/mol. The third kappa shape index (κ3) is 15.8. The van der Waals surface area contributed by atoms with E-state index in [-0.39, 0.29) is 18.3 Å². The van der Waals surface area contributed by atoms with Crippen LogP contribution < -0.4 is 5.46 Å². The number of fused-ring (bicyclic) bond motifs is 6. The standard InChI is InChI=1S/C51H33N3S.C30H27BO2S.C27H18ClN3/c1-5-15-34(16-6-1)36-27-29-39(30-28-36)50-52-49(38-21-11-4-12-22-38)53-51(54-50)41-24-13-23-40(31-41)43-25-14-26-44-46-33-42(35-17-7-2-8-18-35)32-45(48(46)55-47(43)44)37-19-9-3-10-20-37;1-29(2)30(3,4)33-31(32-29)26-17-11-16-23-25-19-22(20-12-7-5-8-13-20)18-24(27(25)34-28(23)26)21-14-9-6-10-15-21;28-24-13-7-12-23(18-24)27-30-25(21-10-5-2-6-11-21)29-26(31-27)22-16-14-20(15-17-22)19-8-3-1-4-9-19/h1-33H;5-19H,1-4H3;1-18H. The summed E-state index contributed by atoms with van der Waals surface area (Å²) >= 11 is 9.92. The fourth-order valence-electron chi connectivity index (χ4n) is 15.5. The lowest BCUT2D eigenvalue weighted by atomic mass is 9.78. The van der Waals surface area contributed by atoms with Crippen molar-refractivity contribution in [1.29, 1.82) is 0 Å². The molecule has 1 fully saturated rings. The largest absolute Gasteiger partial charge is 0.496 e. The van der Waals surface area contributed by atoms with Crippen LogP contribution in [-0.4, -0.2) is 48.2 Å². The average molecular weight is 1600 g/mol. The molecule has 0 saturated carbocycles. The highest BCUT2D eigenvalue weighted by molar-refractivity contribution is 7.28. The van der Waals surface area contributed by atoms with Crippen LogP contribution >= 0.6 is 34.3 Å². The van der Waals surface area contributed by atoms with Gasteiger partial charge in [0, 0.05) is 95.3 Å². The second kappa shape index (κ2) is 33.3. The first-order chi connectivity index (χ1) is 58.8. The van der Waals surface area contributed by atoms with Crippen molar-refractivity contribution < 1.29 is 9.31 Å². The zero-order chi connectivity index (χ0) is 81.1. The maximum Gasteiger partial charge on any atom is 0.496 e. The Balaban J connectivity index is 0.000000126. The lowest BCUT2D eigenvalue weighted by Crippen LogP contribution is -2.41. The van der Waals surface area contributed by atoms with E-state index < -0.39 is 0 Å². The first kappa shape index (κ1) is 76.2. The maximum atomic E-state index is 6.45. The molecule has 20 aromatic rings. The van der Waals surface area contributed by atoms with Gasteiger partial charge < -0.3 is 9.31 Å². The molecule has 0 atom stereocenters. The summed E-state index contributed by atoms with van der Waals surface area (Å²) in [4.78, 5) is 29.4. The van der Waals surface area contributed by atoms with E-state index in [2.05, 4.69) is 307 Å². The highest BCUT2D eigenvalue weighted by Gasteiger charge is 2.52. The minimum Gasteiger partial charge on any atom is -0.399 e. The molecule has 574 valence electrons. The van der Waals surface area contributed by atoms with Crippen LogP contribution in [-0.2, 0) is 9.31 Å². The number of hydrogen-bond acceptors (Lipinski definition) is 10. The zero-order valence-corrected chi connectivity index (χ0v) is 68.8. The van der Waals surface area contributed by atoms with Gasteiger partial charge in [-0.2, -0.15) is 0 Å². The molecule has 16 aromatic carbocycles. The molecule has 0 spiro atoms. The van der Waals surface area contributed by atoms with E-state index in [4.69, 9.17) is 50.8 Å². The SMILES string of the molecule is CC1(C)OB(c2cccc3c2sc2c(-c4ccccc4)cc(-c4ccccc4)cc23)OC1(C)C.Clc1cccc(-c2nc(-c3ccccc3)nc(-c3ccc(-c4ccccc4)cc3)n2)c1.c1ccc(-c2ccc(-c3nc(-c4ccccc4)nc(-c4cccc(-c5cccc6c5sc5c(-c7ccccc7)cc(-c7ccccc7)cc56)c4)n3)cc2)cc1. The van der Waals surface area contributed by atoms with Crippen LogP contribution in [0.4, 0.5) is 0 Å². The Morgan fingerprint density at radius 2 is 0.492 bits per heavy atom. The maximum absolute atomic E-state index is 6.45. The molecule has 120 heavy (non-hydrogen) atoms. The van der Waals surface area contributed by atoms with Crippen molar-refractivity contribution >= 4 is 87.2 Å². The molecule has 0 aliphatic carbocycles. The Kier molecular flexibility index (Phi) is 21.2. The van der Waals surface area contributed by atoms with E-state index in [0.717, 1.165) is 55.5 Å². The quantitative estimate of drug-likeness (QED) is 0.0994. The third-order valence-electron chi connectivity index (χ3n) is 22.5. The second-order valence-electron chi connectivity index (χ2n) is 30.8. The predicted octanol–water partition coefficient (Wildman–Crippen LogP) is 28.8. The summed E-state index contributed by atoms with van der Waals surface area (Å²) < 4.78 is 18.0. The van der Waals surface area contributed by atoms with Crippen molar-refractivity contribution in [3.8, 4) is 146 Å². The number of nitrogens with zero attached hydrogens (tertiary/aromatic N) is 6. The van der Waals surface area contributed by atoms with Gasteiger partial charge in [0.15, 0.2) is 34.9 Å². The molecule has 0 radical (unpaired) electrons. The first-order valence-corrected chi connectivity index (χ1v) is 42.2. The van der Waals surface area contributed by atoms with E-state index in [1.165, 1.54) is 102 Å².